The number of hydrogen-bond acceptors (Lipinski definition) is 7. The molecule has 164 valence electrons. The highest BCUT2D eigenvalue weighted by Crippen LogP contribution is 2.18. The van der Waals surface area contributed by atoms with Crippen molar-refractivity contribution >= 4 is 29.3 Å². The summed E-state index contributed by atoms with van der Waals surface area (Å²) in [6, 6.07) is 9.22. The molecule has 1 saturated heterocycles. The number of carbonyl (C=O) groups is 2. The van der Waals surface area contributed by atoms with Gasteiger partial charge in [-0.25, -0.2) is 0 Å². The zero-order valence-corrected chi connectivity index (χ0v) is 18.8. The Balaban J connectivity index is 1.55. The lowest BCUT2D eigenvalue weighted by molar-refractivity contribution is -0.113. The van der Waals surface area contributed by atoms with E-state index < -0.39 is 0 Å². The Morgan fingerprint density at radius 2 is 2.00 bits per heavy atom. The van der Waals surface area contributed by atoms with Crippen LogP contribution in [0.3, 0.4) is 0 Å². The van der Waals surface area contributed by atoms with Crippen molar-refractivity contribution in [1.82, 2.24) is 24.6 Å². The molecule has 1 aliphatic rings. The van der Waals surface area contributed by atoms with Crippen LogP contribution in [0.2, 0.25) is 0 Å². The summed E-state index contributed by atoms with van der Waals surface area (Å²) < 4.78 is 1.75. The molecule has 0 aliphatic carbocycles. The summed E-state index contributed by atoms with van der Waals surface area (Å²) in [6.45, 7) is 6.59. The van der Waals surface area contributed by atoms with E-state index in [-0.39, 0.29) is 29.5 Å². The minimum Gasteiger partial charge on any atom is -0.336 e. The fourth-order valence-corrected chi connectivity index (χ4v) is 4.19. The maximum absolute atomic E-state index is 12.9. The second-order valence-corrected chi connectivity index (χ2v) is 8.73. The van der Waals surface area contributed by atoms with Gasteiger partial charge in [0.1, 0.15) is 12.4 Å². The second-order valence-electron chi connectivity index (χ2n) is 7.79. The van der Waals surface area contributed by atoms with Crippen LogP contribution in [0.25, 0.3) is 0 Å². The van der Waals surface area contributed by atoms with Gasteiger partial charge in [0.2, 0.25) is 5.91 Å². The number of nitrogens with one attached hydrogen (secondary N) is 1. The van der Waals surface area contributed by atoms with Gasteiger partial charge in [-0.2, -0.15) is 5.26 Å². The lowest BCUT2D eigenvalue weighted by atomic mass is 10.0. The molecule has 3 rings (SSSR count). The number of nitriles is 1. The highest BCUT2D eigenvalue weighted by molar-refractivity contribution is 7.99. The molecule has 1 unspecified atom stereocenters. The zero-order valence-electron chi connectivity index (χ0n) is 18.0. The van der Waals surface area contributed by atoms with Gasteiger partial charge in [0.25, 0.3) is 5.91 Å². The number of hydrogen-bond donors (Lipinski definition) is 1. The molecule has 1 atom stereocenters. The first-order chi connectivity index (χ1) is 14.9. The van der Waals surface area contributed by atoms with Crippen LogP contribution in [0, 0.1) is 17.2 Å². The zero-order chi connectivity index (χ0) is 22.4. The van der Waals surface area contributed by atoms with Crippen molar-refractivity contribution in [3.05, 3.63) is 36.2 Å². The highest BCUT2D eigenvalue weighted by Gasteiger charge is 2.28. The van der Waals surface area contributed by atoms with Crippen molar-refractivity contribution in [3.63, 3.8) is 0 Å². The van der Waals surface area contributed by atoms with Crippen LogP contribution in [0.4, 0.5) is 5.69 Å². The molecule has 10 heteroatoms. The summed E-state index contributed by atoms with van der Waals surface area (Å²) in [5.74, 6) is 0.201. The molecule has 1 aromatic heterocycles. The van der Waals surface area contributed by atoms with E-state index in [1.807, 2.05) is 20.9 Å². The Labute approximate surface area is 186 Å². The Morgan fingerprint density at radius 3 is 2.61 bits per heavy atom. The van der Waals surface area contributed by atoms with E-state index in [9.17, 15) is 14.9 Å². The third-order valence-corrected chi connectivity index (χ3v) is 6.19. The van der Waals surface area contributed by atoms with E-state index >= 15 is 0 Å². The van der Waals surface area contributed by atoms with E-state index in [1.165, 1.54) is 11.8 Å². The summed E-state index contributed by atoms with van der Waals surface area (Å²) >= 11 is 1.30. The van der Waals surface area contributed by atoms with Crippen LogP contribution in [0.1, 0.15) is 24.2 Å². The third kappa shape index (κ3) is 5.83. The van der Waals surface area contributed by atoms with Gasteiger partial charge < -0.3 is 14.8 Å². The predicted octanol–water partition coefficient (Wildman–Crippen LogP) is 1.85. The number of nitrogens with zero attached hydrogens (tertiary/aromatic N) is 6. The molecule has 1 fully saturated rings. The number of aryl methyl sites for hydroxylation is 1. The molecule has 2 heterocycles. The maximum Gasteiger partial charge on any atom is 0.254 e. The molecule has 9 nitrogen and oxygen atoms in total. The normalized spacial score (nSPS) is 15.5. The molecule has 0 bridgehead atoms. The van der Waals surface area contributed by atoms with Gasteiger partial charge in [0, 0.05) is 44.5 Å². The number of benzene rings is 1. The van der Waals surface area contributed by atoms with Gasteiger partial charge in [-0.1, -0.05) is 31.7 Å². The van der Waals surface area contributed by atoms with Crippen LogP contribution >= 0.6 is 11.8 Å². The van der Waals surface area contributed by atoms with E-state index in [1.54, 1.807) is 40.1 Å². The minimum absolute atomic E-state index is 0.0673. The number of amides is 2. The van der Waals surface area contributed by atoms with Crippen LogP contribution in [0.15, 0.2) is 35.7 Å². The van der Waals surface area contributed by atoms with Crippen LogP contribution < -0.4 is 5.32 Å². The standard InChI is InChI=1S/C21H27N7O2S/c1-15(2)18(12-22)27-7-9-28(10-8-27)20(30)16-5-4-6-17(11-16)24-19(29)13-31-21-25-23-14-26(21)3/h4-6,11,14-15,18H,7-10,13H2,1-3H3,(H,24,29). The quantitative estimate of drug-likeness (QED) is 0.654. The number of aromatic nitrogens is 3. The molecule has 0 saturated carbocycles. The average Bonchev–Trinajstić information content (AvgIpc) is 3.17. The summed E-state index contributed by atoms with van der Waals surface area (Å²) in [7, 11) is 1.82. The molecule has 31 heavy (non-hydrogen) atoms. The largest absolute Gasteiger partial charge is 0.336 e. The molecule has 1 aromatic carbocycles. The van der Waals surface area contributed by atoms with E-state index in [0.717, 1.165) is 0 Å². The van der Waals surface area contributed by atoms with Crippen LogP contribution in [0.5, 0.6) is 0 Å². The van der Waals surface area contributed by atoms with E-state index in [4.69, 9.17) is 0 Å². The average molecular weight is 442 g/mol. The van der Waals surface area contributed by atoms with Crippen LogP contribution in [-0.2, 0) is 11.8 Å². The predicted molar refractivity (Wildman–Crippen MR) is 119 cm³/mol. The molecule has 2 amide bonds. The Hall–Kier alpha value is -2.90. The van der Waals surface area contributed by atoms with Gasteiger partial charge in [0.15, 0.2) is 5.16 Å². The van der Waals surface area contributed by atoms with Crippen LogP contribution in [-0.4, -0.2) is 74.4 Å². The number of piperazine rings is 1. The Bertz CT molecular complexity index is 961. The number of rotatable bonds is 7. The van der Waals surface area contributed by atoms with E-state index in [0.29, 0.717) is 42.6 Å². The third-order valence-electron chi connectivity index (χ3n) is 5.15. The fraction of sp³-hybridized carbons (Fsp3) is 0.476. The summed E-state index contributed by atoms with van der Waals surface area (Å²) in [5.41, 5.74) is 1.12. The highest BCUT2D eigenvalue weighted by atomic mass is 32.2. The van der Waals surface area contributed by atoms with Crippen molar-refractivity contribution in [3.8, 4) is 6.07 Å². The molecule has 0 spiro atoms. The Kier molecular flexibility index (Phi) is 7.65. The van der Waals surface area contributed by atoms with Crippen molar-refractivity contribution in [2.45, 2.75) is 25.0 Å². The fourth-order valence-electron chi connectivity index (χ4n) is 3.50. The Morgan fingerprint density at radius 1 is 1.26 bits per heavy atom. The van der Waals surface area contributed by atoms with Gasteiger partial charge >= 0.3 is 0 Å². The molecule has 0 radical (unpaired) electrons. The number of carbonyl (C=O) groups excluding carboxylic acids is 2. The minimum atomic E-state index is -0.178. The van der Waals surface area contributed by atoms with E-state index in [2.05, 4.69) is 26.5 Å². The second kappa shape index (κ2) is 10.4. The van der Waals surface area contributed by atoms with Gasteiger partial charge in [-0.3, -0.25) is 14.5 Å². The lowest BCUT2D eigenvalue weighted by Crippen LogP contribution is -2.52. The number of thioether (sulfide) groups is 1. The SMILES string of the molecule is CC(C)C(C#N)N1CCN(C(=O)c2cccc(NC(=O)CSc3nncn3C)c2)CC1. The maximum atomic E-state index is 12.9. The topological polar surface area (TPSA) is 107 Å². The van der Waals surface area contributed by atoms with Crippen molar-refractivity contribution in [1.29, 1.82) is 5.26 Å². The first-order valence-corrected chi connectivity index (χ1v) is 11.2. The first kappa shape index (κ1) is 22.8. The van der Waals surface area contributed by atoms with Gasteiger partial charge in [-0.05, 0) is 24.1 Å². The van der Waals surface area contributed by atoms with Crippen molar-refractivity contribution in [2.75, 3.05) is 37.2 Å². The molecule has 1 aliphatic heterocycles. The molecule has 2 aromatic rings. The van der Waals surface area contributed by atoms with Crippen molar-refractivity contribution in [2.24, 2.45) is 13.0 Å². The molecule has 1 N–H and O–H groups in total. The lowest BCUT2D eigenvalue weighted by Gasteiger charge is -2.38. The summed E-state index contributed by atoms with van der Waals surface area (Å²) in [6.07, 6.45) is 1.58. The molecular weight excluding hydrogens is 414 g/mol. The number of anilines is 1. The van der Waals surface area contributed by atoms with Gasteiger partial charge in [-0.15, -0.1) is 10.2 Å². The first-order valence-electron chi connectivity index (χ1n) is 10.2. The van der Waals surface area contributed by atoms with Gasteiger partial charge in [0.05, 0.1) is 11.8 Å². The van der Waals surface area contributed by atoms with Crippen molar-refractivity contribution < 1.29 is 9.59 Å². The summed E-state index contributed by atoms with van der Waals surface area (Å²) in [4.78, 5) is 29.2. The molecular formula is C21H27N7O2S. The summed E-state index contributed by atoms with van der Waals surface area (Å²) in [5, 5.41) is 20.6. The smallest absolute Gasteiger partial charge is 0.254 e. The monoisotopic (exact) mass is 441 g/mol.